The third-order valence-corrected chi connectivity index (χ3v) is 3.40. The van der Waals surface area contributed by atoms with Crippen LogP contribution in [0.4, 0.5) is 5.82 Å². The number of carbonyl (C=O) groups excluding carboxylic acids is 1. The Hall–Kier alpha value is -1.58. The number of piperidine rings is 1. The van der Waals surface area contributed by atoms with Crippen LogP contribution < -0.4 is 5.32 Å². The summed E-state index contributed by atoms with van der Waals surface area (Å²) < 4.78 is 0. The average molecular weight is 233 g/mol. The van der Waals surface area contributed by atoms with Gasteiger partial charge < -0.3 is 10.2 Å². The van der Waals surface area contributed by atoms with Crippen LogP contribution in [0.3, 0.4) is 0 Å². The first-order chi connectivity index (χ1) is 8.26. The second-order valence-corrected chi connectivity index (χ2v) is 4.54. The van der Waals surface area contributed by atoms with E-state index >= 15 is 0 Å². The Bertz CT molecular complexity index is 406. The Morgan fingerprint density at radius 1 is 1.53 bits per heavy atom. The molecule has 0 aromatic carbocycles. The zero-order valence-corrected chi connectivity index (χ0v) is 10.4. The van der Waals surface area contributed by atoms with Gasteiger partial charge in [0.25, 0.3) is 0 Å². The summed E-state index contributed by atoms with van der Waals surface area (Å²) in [6.07, 6.45) is 6.17. The fourth-order valence-corrected chi connectivity index (χ4v) is 2.48. The Balaban J connectivity index is 2.26. The molecule has 4 heteroatoms. The van der Waals surface area contributed by atoms with Crippen molar-refractivity contribution >= 4 is 12.2 Å². The van der Waals surface area contributed by atoms with Crippen molar-refractivity contribution in [2.75, 3.05) is 18.9 Å². The second kappa shape index (κ2) is 5.17. The molecule has 1 aliphatic rings. The molecule has 0 aliphatic carbocycles. The summed E-state index contributed by atoms with van der Waals surface area (Å²) in [5, 5.41) is 3.06. The van der Waals surface area contributed by atoms with Gasteiger partial charge in [0.2, 0.25) is 6.41 Å². The number of nitrogens with one attached hydrogen (secondary N) is 1. The van der Waals surface area contributed by atoms with Gasteiger partial charge in [0.05, 0.1) is 6.04 Å². The fraction of sp³-hybridized carbons (Fsp3) is 0.538. The van der Waals surface area contributed by atoms with Crippen LogP contribution in [0.5, 0.6) is 0 Å². The third-order valence-electron chi connectivity index (χ3n) is 3.40. The van der Waals surface area contributed by atoms with Gasteiger partial charge in [0.1, 0.15) is 5.82 Å². The lowest BCUT2D eigenvalue weighted by Gasteiger charge is -2.33. The molecule has 1 amide bonds. The van der Waals surface area contributed by atoms with Crippen molar-refractivity contribution in [3.8, 4) is 0 Å². The third kappa shape index (κ3) is 2.40. The van der Waals surface area contributed by atoms with E-state index in [0.29, 0.717) is 0 Å². The molecule has 2 heterocycles. The number of aromatic nitrogens is 1. The first-order valence-corrected chi connectivity index (χ1v) is 6.11. The maximum absolute atomic E-state index is 11.0. The molecule has 17 heavy (non-hydrogen) atoms. The van der Waals surface area contributed by atoms with Gasteiger partial charge in [-0.05, 0) is 43.4 Å². The van der Waals surface area contributed by atoms with Crippen molar-refractivity contribution in [3.63, 3.8) is 0 Å². The highest BCUT2D eigenvalue weighted by Gasteiger charge is 2.23. The lowest BCUT2D eigenvalue weighted by Crippen LogP contribution is -2.32. The zero-order chi connectivity index (χ0) is 12.3. The van der Waals surface area contributed by atoms with E-state index in [2.05, 4.69) is 16.4 Å². The molecule has 1 aromatic rings. The second-order valence-electron chi connectivity index (χ2n) is 4.54. The van der Waals surface area contributed by atoms with E-state index in [9.17, 15) is 4.79 Å². The first-order valence-electron chi connectivity index (χ1n) is 6.11. The van der Waals surface area contributed by atoms with Crippen LogP contribution in [0, 0.1) is 6.92 Å². The fourth-order valence-electron chi connectivity index (χ4n) is 2.48. The summed E-state index contributed by atoms with van der Waals surface area (Å²) in [6.45, 7) is 2.90. The Kier molecular flexibility index (Phi) is 3.61. The molecular formula is C13H19N3O. The van der Waals surface area contributed by atoms with E-state index in [1.807, 2.05) is 25.1 Å². The van der Waals surface area contributed by atoms with Crippen LogP contribution in [0.1, 0.15) is 36.4 Å². The summed E-state index contributed by atoms with van der Waals surface area (Å²) in [7, 11) is 1.87. The van der Waals surface area contributed by atoms with Gasteiger partial charge in [0, 0.05) is 19.8 Å². The van der Waals surface area contributed by atoms with E-state index in [1.165, 1.54) is 6.42 Å². The molecule has 1 fully saturated rings. The van der Waals surface area contributed by atoms with Gasteiger partial charge in [-0.2, -0.15) is 0 Å². The maximum atomic E-state index is 11.0. The monoisotopic (exact) mass is 233 g/mol. The molecule has 0 saturated carbocycles. The molecule has 0 bridgehead atoms. The van der Waals surface area contributed by atoms with Crippen molar-refractivity contribution in [2.24, 2.45) is 0 Å². The van der Waals surface area contributed by atoms with E-state index < -0.39 is 0 Å². The molecule has 1 N–H and O–H groups in total. The highest BCUT2D eigenvalue weighted by Crippen LogP contribution is 2.30. The lowest BCUT2D eigenvalue weighted by molar-refractivity contribution is -0.121. The quantitative estimate of drug-likeness (QED) is 0.813. The van der Waals surface area contributed by atoms with E-state index in [-0.39, 0.29) is 6.04 Å². The minimum atomic E-state index is 0.207. The predicted octanol–water partition coefficient (Wildman–Crippen LogP) is 2.12. The number of anilines is 1. The number of amides is 1. The van der Waals surface area contributed by atoms with Crippen molar-refractivity contribution < 1.29 is 4.79 Å². The van der Waals surface area contributed by atoms with Crippen molar-refractivity contribution in [1.82, 2.24) is 9.88 Å². The van der Waals surface area contributed by atoms with Gasteiger partial charge in [-0.15, -0.1) is 0 Å². The summed E-state index contributed by atoms with van der Waals surface area (Å²) in [4.78, 5) is 17.3. The predicted molar refractivity (Wildman–Crippen MR) is 67.9 cm³/mol. The minimum absolute atomic E-state index is 0.207. The Morgan fingerprint density at radius 3 is 3.00 bits per heavy atom. The van der Waals surface area contributed by atoms with Crippen LogP contribution in [-0.2, 0) is 4.79 Å². The highest BCUT2D eigenvalue weighted by atomic mass is 16.1. The number of likely N-dealkylation sites (tertiary alicyclic amines) is 1. The molecule has 0 radical (unpaired) electrons. The molecule has 4 nitrogen and oxygen atoms in total. The molecule has 2 rings (SSSR count). The topological polar surface area (TPSA) is 45.2 Å². The SMILES string of the molecule is CNc1ncc(C2CCCCN2C=O)cc1C. The van der Waals surface area contributed by atoms with E-state index in [0.717, 1.165) is 42.7 Å². The molecule has 1 saturated heterocycles. The molecule has 1 unspecified atom stereocenters. The largest absolute Gasteiger partial charge is 0.373 e. The normalized spacial score (nSPS) is 20.1. The lowest BCUT2D eigenvalue weighted by atomic mass is 9.96. The van der Waals surface area contributed by atoms with Crippen LogP contribution in [-0.4, -0.2) is 29.9 Å². The van der Waals surface area contributed by atoms with Crippen LogP contribution >= 0.6 is 0 Å². The summed E-state index contributed by atoms with van der Waals surface area (Å²) in [6, 6.07) is 2.34. The number of pyridine rings is 1. The molecule has 0 spiro atoms. The molecule has 1 atom stereocenters. The molecule has 1 aromatic heterocycles. The van der Waals surface area contributed by atoms with Gasteiger partial charge in [-0.1, -0.05) is 0 Å². The number of aryl methyl sites for hydroxylation is 1. The summed E-state index contributed by atoms with van der Waals surface area (Å²) in [5.41, 5.74) is 2.27. The van der Waals surface area contributed by atoms with Gasteiger partial charge >= 0.3 is 0 Å². The molecule has 92 valence electrons. The molecule has 1 aliphatic heterocycles. The molecular weight excluding hydrogens is 214 g/mol. The van der Waals surface area contributed by atoms with Crippen LogP contribution in [0.15, 0.2) is 12.3 Å². The smallest absolute Gasteiger partial charge is 0.210 e. The maximum Gasteiger partial charge on any atom is 0.210 e. The average Bonchev–Trinajstić information content (AvgIpc) is 2.38. The summed E-state index contributed by atoms with van der Waals surface area (Å²) >= 11 is 0. The van der Waals surface area contributed by atoms with Crippen molar-refractivity contribution in [3.05, 3.63) is 23.4 Å². The zero-order valence-electron chi connectivity index (χ0n) is 10.4. The number of rotatable bonds is 3. The van der Waals surface area contributed by atoms with Crippen LogP contribution in [0.25, 0.3) is 0 Å². The number of hydrogen-bond acceptors (Lipinski definition) is 3. The number of hydrogen-bond donors (Lipinski definition) is 1. The Labute approximate surface area is 102 Å². The van der Waals surface area contributed by atoms with Gasteiger partial charge in [-0.25, -0.2) is 4.98 Å². The Morgan fingerprint density at radius 2 is 2.35 bits per heavy atom. The summed E-state index contributed by atoms with van der Waals surface area (Å²) in [5.74, 6) is 0.905. The van der Waals surface area contributed by atoms with Crippen molar-refractivity contribution in [1.29, 1.82) is 0 Å². The van der Waals surface area contributed by atoms with Crippen LogP contribution in [0.2, 0.25) is 0 Å². The van der Waals surface area contributed by atoms with E-state index in [4.69, 9.17) is 0 Å². The van der Waals surface area contributed by atoms with Crippen molar-refractivity contribution in [2.45, 2.75) is 32.2 Å². The van der Waals surface area contributed by atoms with E-state index in [1.54, 1.807) is 0 Å². The van der Waals surface area contributed by atoms with Gasteiger partial charge in [0.15, 0.2) is 0 Å². The first kappa shape index (κ1) is 11.9. The standard InChI is InChI=1S/C13H19N3O/c1-10-7-11(8-15-13(10)14-2)12-5-3-4-6-16(12)9-17/h7-9,12H,3-6H2,1-2H3,(H,14,15). The number of carbonyl (C=O) groups is 1. The highest BCUT2D eigenvalue weighted by molar-refractivity contribution is 5.50. The van der Waals surface area contributed by atoms with Gasteiger partial charge in [-0.3, -0.25) is 4.79 Å². The number of nitrogens with zero attached hydrogens (tertiary/aromatic N) is 2. The minimum Gasteiger partial charge on any atom is -0.373 e.